The zero-order valence-corrected chi connectivity index (χ0v) is 13.5. The van der Waals surface area contributed by atoms with Gasteiger partial charge in [0.25, 0.3) is 0 Å². The van der Waals surface area contributed by atoms with Gasteiger partial charge in [0.15, 0.2) is 0 Å². The van der Waals surface area contributed by atoms with Gasteiger partial charge in [-0.25, -0.2) is 0 Å². The van der Waals surface area contributed by atoms with Crippen LogP contribution in [0.1, 0.15) is 31.4 Å². The van der Waals surface area contributed by atoms with Crippen molar-refractivity contribution in [3.8, 4) is 0 Å². The molecule has 1 aliphatic rings. The van der Waals surface area contributed by atoms with Crippen molar-refractivity contribution in [2.24, 2.45) is 5.92 Å². The Bertz CT molecular complexity index is 483. The van der Waals surface area contributed by atoms with Crippen LogP contribution in [-0.4, -0.2) is 31.2 Å². The Morgan fingerprint density at radius 3 is 2.60 bits per heavy atom. The lowest BCUT2D eigenvalue weighted by Crippen LogP contribution is -2.39. The van der Waals surface area contributed by atoms with Crippen LogP contribution < -0.4 is 10.2 Å². The monoisotopic (exact) mass is 340 g/mol. The molecule has 0 aliphatic carbocycles. The normalized spacial score (nSPS) is 17.9. The van der Waals surface area contributed by atoms with E-state index in [0.717, 1.165) is 41.7 Å². The van der Waals surface area contributed by atoms with E-state index in [9.17, 15) is 9.90 Å². The largest absolute Gasteiger partial charge is 0.389 e. The Morgan fingerprint density at radius 2 is 2.10 bits per heavy atom. The van der Waals surface area contributed by atoms with E-state index in [1.807, 2.05) is 18.2 Å². The third-order valence-electron chi connectivity index (χ3n) is 3.91. The van der Waals surface area contributed by atoms with Gasteiger partial charge in [-0.1, -0.05) is 6.07 Å². The molecule has 1 aromatic carbocycles. The second-order valence-electron chi connectivity index (χ2n) is 5.26. The van der Waals surface area contributed by atoms with Crippen molar-refractivity contribution in [3.63, 3.8) is 0 Å². The van der Waals surface area contributed by atoms with Crippen molar-refractivity contribution in [2.75, 3.05) is 25.0 Å². The smallest absolute Gasteiger partial charge is 0.222 e. The number of piperidine rings is 1. The molecule has 110 valence electrons. The molecule has 1 atom stereocenters. The van der Waals surface area contributed by atoms with E-state index in [1.165, 1.54) is 0 Å². The fourth-order valence-electron chi connectivity index (χ4n) is 2.63. The van der Waals surface area contributed by atoms with Gasteiger partial charge >= 0.3 is 0 Å². The molecule has 1 saturated heterocycles. The molecule has 0 spiro atoms. The average molecular weight is 341 g/mol. The number of carbonyl (C=O) groups is 1. The summed E-state index contributed by atoms with van der Waals surface area (Å²) in [5, 5.41) is 12.3. The van der Waals surface area contributed by atoms with Gasteiger partial charge in [0, 0.05) is 30.5 Å². The number of carbonyl (C=O) groups excluding carboxylic acids is 1. The van der Waals surface area contributed by atoms with E-state index >= 15 is 0 Å². The Kier molecular flexibility index (Phi) is 5.05. The van der Waals surface area contributed by atoms with Crippen LogP contribution in [0, 0.1) is 5.92 Å². The Labute approximate surface area is 128 Å². The second-order valence-corrected chi connectivity index (χ2v) is 6.12. The fourth-order valence-corrected chi connectivity index (χ4v) is 3.27. The van der Waals surface area contributed by atoms with Crippen LogP contribution in [0.25, 0.3) is 0 Å². The molecular weight excluding hydrogens is 320 g/mol. The summed E-state index contributed by atoms with van der Waals surface area (Å²) in [7, 11) is 1.69. The summed E-state index contributed by atoms with van der Waals surface area (Å²) >= 11 is 3.58. The van der Waals surface area contributed by atoms with E-state index in [-0.39, 0.29) is 11.8 Å². The highest BCUT2D eigenvalue weighted by Crippen LogP contribution is 2.32. The Hall–Kier alpha value is -1.07. The van der Waals surface area contributed by atoms with E-state index in [2.05, 4.69) is 26.1 Å². The molecule has 2 rings (SSSR count). The topological polar surface area (TPSA) is 52.6 Å². The van der Waals surface area contributed by atoms with Gasteiger partial charge in [-0.3, -0.25) is 4.79 Å². The quantitative estimate of drug-likeness (QED) is 0.888. The van der Waals surface area contributed by atoms with Crippen molar-refractivity contribution in [1.82, 2.24) is 5.32 Å². The van der Waals surface area contributed by atoms with Gasteiger partial charge in [-0.15, -0.1) is 0 Å². The van der Waals surface area contributed by atoms with Crippen LogP contribution in [0.4, 0.5) is 5.69 Å². The van der Waals surface area contributed by atoms with E-state index in [1.54, 1.807) is 14.0 Å². The number of amides is 1. The molecule has 1 aromatic rings. The number of aliphatic hydroxyl groups excluding tert-OH is 1. The van der Waals surface area contributed by atoms with Crippen molar-refractivity contribution in [2.45, 2.75) is 25.9 Å². The minimum atomic E-state index is -0.459. The SMILES string of the molecule is CNC(=O)C1CCN(c2ccc([C@@H](C)O)cc2Br)CC1. The highest BCUT2D eigenvalue weighted by molar-refractivity contribution is 9.10. The molecule has 0 bridgehead atoms. The maximum Gasteiger partial charge on any atom is 0.222 e. The van der Waals surface area contributed by atoms with E-state index in [0.29, 0.717) is 0 Å². The lowest BCUT2D eigenvalue weighted by Gasteiger charge is -2.33. The lowest BCUT2D eigenvalue weighted by molar-refractivity contribution is -0.125. The minimum Gasteiger partial charge on any atom is -0.389 e. The van der Waals surface area contributed by atoms with Gasteiger partial charge in [-0.05, 0) is 53.4 Å². The first-order valence-corrected chi connectivity index (χ1v) is 7.76. The number of nitrogens with one attached hydrogen (secondary N) is 1. The van der Waals surface area contributed by atoms with Gasteiger partial charge in [0.05, 0.1) is 11.8 Å². The van der Waals surface area contributed by atoms with Crippen LogP contribution in [-0.2, 0) is 4.79 Å². The van der Waals surface area contributed by atoms with Crippen LogP contribution in [0.15, 0.2) is 22.7 Å². The van der Waals surface area contributed by atoms with Crippen molar-refractivity contribution in [3.05, 3.63) is 28.2 Å². The van der Waals surface area contributed by atoms with Crippen molar-refractivity contribution < 1.29 is 9.90 Å². The molecule has 4 nitrogen and oxygen atoms in total. The predicted molar refractivity (Wildman–Crippen MR) is 83.8 cm³/mol. The summed E-state index contributed by atoms with van der Waals surface area (Å²) in [5.41, 5.74) is 2.03. The predicted octanol–water partition coefficient (Wildman–Crippen LogP) is 2.46. The van der Waals surface area contributed by atoms with E-state index in [4.69, 9.17) is 0 Å². The van der Waals surface area contributed by atoms with Crippen molar-refractivity contribution in [1.29, 1.82) is 0 Å². The standard InChI is InChI=1S/C15H21BrN2O2/c1-10(19)12-3-4-14(13(16)9-12)18-7-5-11(6-8-18)15(20)17-2/h3-4,9-11,19H,5-8H2,1-2H3,(H,17,20)/t10-/m1/s1. The number of hydrogen-bond donors (Lipinski definition) is 2. The fraction of sp³-hybridized carbons (Fsp3) is 0.533. The highest BCUT2D eigenvalue weighted by atomic mass is 79.9. The first-order chi connectivity index (χ1) is 9.52. The molecule has 0 radical (unpaired) electrons. The zero-order valence-electron chi connectivity index (χ0n) is 11.9. The number of anilines is 1. The van der Waals surface area contributed by atoms with Gasteiger partial charge in [0.1, 0.15) is 0 Å². The van der Waals surface area contributed by atoms with Gasteiger partial charge < -0.3 is 15.3 Å². The number of benzene rings is 1. The molecule has 1 heterocycles. The molecule has 0 saturated carbocycles. The summed E-state index contributed by atoms with van der Waals surface area (Å²) in [6.07, 6.45) is 1.30. The van der Waals surface area contributed by atoms with Crippen molar-refractivity contribution >= 4 is 27.5 Å². The zero-order chi connectivity index (χ0) is 14.7. The van der Waals surface area contributed by atoms with Crippen LogP contribution in [0.3, 0.4) is 0 Å². The minimum absolute atomic E-state index is 0.131. The maximum atomic E-state index is 11.6. The second kappa shape index (κ2) is 6.59. The molecule has 2 N–H and O–H groups in total. The number of rotatable bonds is 3. The molecule has 20 heavy (non-hydrogen) atoms. The molecule has 5 heteroatoms. The average Bonchev–Trinajstić information content (AvgIpc) is 2.46. The lowest BCUT2D eigenvalue weighted by atomic mass is 9.95. The Balaban J connectivity index is 2.05. The summed E-state index contributed by atoms with van der Waals surface area (Å²) < 4.78 is 0.995. The summed E-state index contributed by atoms with van der Waals surface area (Å²) in [6, 6.07) is 5.95. The summed E-state index contributed by atoms with van der Waals surface area (Å²) in [5.74, 6) is 0.278. The highest BCUT2D eigenvalue weighted by Gasteiger charge is 2.25. The van der Waals surface area contributed by atoms with Gasteiger partial charge in [-0.2, -0.15) is 0 Å². The number of halogens is 1. The third kappa shape index (κ3) is 3.33. The molecule has 1 fully saturated rings. The van der Waals surface area contributed by atoms with Gasteiger partial charge in [0.2, 0.25) is 5.91 Å². The molecular formula is C15H21BrN2O2. The molecule has 0 aromatic heterocycles. The summed E-state index contributed by atoms with van der Waals surface area (Å²) in [6.45, 7) is 3.52. The number of hydrogen-bond acceptors (Lipinski definition) is 3. The third-order valence-corrected chi connectivity index (χ3v) is 4.54. The summed E-state index contributed by atoms with van der Waals surface area (Å²) in [4.78, 5) is 13.9. The van der Waals surface area contributed by atoms with Crippen LogP contribution in [0.5, 0.6) is 0 Å². The van der Waals surface area contributed by atoms with E-state index < -0.39 is 6.10 Å². The van der Waals surface area contributed by atoms with Crippen LogP contribution in [0.2, 0.25) is 0 Å². The number of nitrogens with zero attached hydrogens (tertiary/aromatic N) is 1. The first-order valence-electron chi connectivity index (χ1n) is 6.97. The maximum absolute atomic E-state index is 11.6. The first kappa shape index (κ1) is 15.3. The van der Waals surface area contributed by atoms with Crippen LogP contribution >= 0.6 is 15.9 Å². The molecule has 0 unspecified atom stereocenters. The number of aliphatic hydroxyl groups is 1. The Morgan fingerprint density at radius 1 is 1.45 bits per heavy atom. The molecule has 1 aliphatic heterocycles. The molecule has 1 amide bonds.